The van der Waals surface area contributed by atoms with Crippen LogP contribution >= 0.6 is 0 Å². The van der Waals surface area contributed by atoms with Gasteiger partial charge in [-0.2, -0.15) is 0 Å². The van der Waals surface area contributed by atoms with E-state index in [1.165, 1.54) is 38.5 Å². The van der Waals surface area contributed by atoms with E-state index in [2.05, 4.69) is 15.6 Å². The molecule has 2 saturated carbocycles. The van der Waals surface area contributed by atoms with Gasteiger partial charge in [-0.1, -0.05) is 25.7 Å². The molecule has 0 aromatic carbocycles. The molecule has 0 aliphatic heterocycles. The standard InChI is InChI=1S/C16H23N3O/c20-16(12-5-4-6-12)19-14-9-10-15(17-11-14)18-13-7-2-1-3-8-13/h9-13H,1-8H2,(H,17,18)(H,19,20). The van der Waals surface area contributed by atoms with E-state index < -0.39 is 0 Å². The zero-order chi connectivity index (χ0) is 13.8. The fourth-order valence-corrected chi connectivity index (χ4v) is 2.92. The second kappa shape index (κ2) is 6.25. The van der Waals surface area contributed by atoms with E-state index >= 15 is 0 Å². The first-order valence-corrected chi connectivity index (χ1v) is 7.85. The third-order valence-electron chi connectivity index (χ3n) is 4.46. The average molecular weight is 273 g/mol. The number of anilines is 2. The molecular weight excluding hydrogens is 250 g/mol. The second-order valence-electron chi connectivity index (χ2n) is 6.03. The van der Waals surface area contributed by atoms with Gasteiger partial charge in [0.25, 0.3) is 0 Å². The van der Waals surface area contributed by atoms with E-state index in [9.17, 15) is 4.79 Å². The summed E-state index contributed by atoms with van der Waals surface area (Å²) in [5.41, 5.74) is 0.802. The monoisotopic (exact) mass is 273 g/mol. The Hall–Kier alpha value is -1.58. The van der Waals surface area contributed by atoms with Gasteiger partial charge in [0.2, 0.25) is 5.91 Å². The molecule has 4 heteroatoms. The van der Waals surface area contributed by atoms with Gasteiger partial charge in [-0.15, -0.1) is 0 Å². The summed E-state index contributed by atoms with van der Waals surface area (Å²) in [7, 11) is 0. The SMILES string of the molecule is O=C(Nc1ccc(NC2CCCCC2)nc1)C1CCC1. The molecule has 4 nitrogen and oxygen atoms in total. The van der Waals surface area contributed by atoms with Crippen molar-refractivity contribution in [3.8, 4) is 0 Å². The number of nitrogens with zero attached hydrogens (tertiary/aromatic N) is 1. The largest absolute Gasteiger partial charge is 0.367 e. The number of carbonyl (C=O) groups is 1. The molecule has 0 spiro atoms. The molecule has 0 bridgehead atoms. The Kier molecular flexibility index (Phi) is 4.19. The fourth-order valence-electron chi connectivity index (χ4n) is 2.92. The Morgan fingerprint density at radius 1 is 1.05 bits per heavy atom. The summed E-state index contributed by atoms with van der Waals surface area (Å²) in [6, 6.07) is 4.46. The summed E-state index contributed by atoms with van der Waals surface area (Å²) < 4.78 is 0. The molecule has 20 heavy (non-hydrogen) atoms. The number of hydrogen-bond donors (Lipinski definition) is 2. The van der Waals surface area contributed by atoms with Crippen LogP contribution in [0.5, 0.6) is 0 Å². The van der Waals surface area contributed by atoms with Gasteiger partial charge in [0.05, 0.1) is 11.9 Å². The fraction of sp³-hybridized carbons (Fsp3) is 0.625. The highest BCUT2D eigenvalue weighted by Crippen LogP contribution is 2.27. The molecule has 1 heterocycles. The van der Waals surface area contributed by atoms with E-state index in [1.54, 1.807) is 6.20 Å². The van der Waals surface area contributed by atoms with Crippen LogP contribution in [0.2, 0.25) is 0 Å². The second-order valence-corrected chi connectivity index (χ2v) is 6.03. The molecule has 0 saturated heterocycles. The van der Waals surface area contributed by atoms with Gasteiger partial charge < -0.3 is 10.6 Å². The third-order valence-corrected chi connectivity index (χ3v) is 4.46. The van der Waals surface area contributed by atoms with Crippen molar-refractivity contribution in [3.05, 3.63) is 18.3 Å². The van der Waals surface area contributed by atoms with Crippen LogP contribution in [0, 0.1) is 5.92 Å². The Morgan fingerprint density at radius 3 is 2.45 bits per heavy atom. The molecule has 0 unspecified atom stereocenters. The molecule has 2 N–H and O–H groups in total. The van der Waals surface area contributed by atoms with Crippen molar-refractivity contribution < 1.29 is 4.79 Å². The number of hydrogen-bond acceptors (Lipinski definition) is 3. The zero-order valence-electron chi connectivity index (χ0n) is 11.9. The number of aromatic nitrogens is 1. The summed E-state index contributed by atoms with van der Waals surface area (Å²) in [6.07, 6.45) is 11.4. The molecule has 1 aromatic heterocycles. The summed E-state index contributed by atoms with van der Waals surface area (Å²) >= 11 is 0. The maximum atomic E-state index is 11.8. The highest BCUT2D eigenvalue weighted by Gasteiger charge is 2.25. The van der Waals surface area contributed by atoms with Gasteiger partial charge in [0, 0.05) is 12.0 Å². The smallest absolute Gasteiger partial charge is 0.227 e. The normalized spacial score (nSPS) is 20.2. The first kappa shape index (κ1) is 13.4. The molecule has 0 atom stereocenters. The number of rotatable bonds is 4. The molecule has 108 valence electrons. The predicted octanol–water partition coefficient (Wildman–Crippen LogP) is 3.56. The van der Waals surface area contributed by atoms with Gasteiger partial charge in [-0.3, -0.25) is 4.79 Å². The number of nitrogens with one attached hydrogen (secondary N) is 2. The van der Waals surface area contributed by atoms with Crippen molar-refractivity contribution in [2.24, 2.45) is 5.92 Å². The van der Waals surface area contributed by atoms with Crippen molar-refractivity contribution in [2.45, 2.75) is 57.4 Å². The number of pyridine rings is 1. The molecule has 2 fully saturated rings. The van der Waals surface area contributed by atoms with Crippen LogP contribution in [0.15, 0.2) is 18.3 Å². The molecule has 1 aromatic rings. The minimum atomic E-state index is 0.144. The third kappa shape index (κ3) is 3.30. The van der Waals surface area contributed by atoms with Crippen LogP contribution in [-0.2, 0) is 4.79 Å². The topological polar surface area (TPSA) is 54.0 Å². The van der Waals surface area contributed by atoms with E-state index in [4.69, 9.17) is 0 Å². The van der Waals surface area contributed by atoms with E-state index in [0.29, 0.717) is 6.04 Å². The summed E-state index contributed by atoms with van der Waals surface area (Å²) in [6.45, 7) is 0. The first-order valence-electron chi connectivity index (χ1n) is 7.85. The lowest BCUT2D eigenvalue weighted by atomic mass is 9.85. The van der Waals surface area contributed by atoms with Crippen LogP contribution in [0.3, 0.4) is 0 Å². The molecule has 3 rings (SSSR count). The van der Waals surface area contributed by atoms with Crippen molar-refractivity contribution in [1.29, 1.82) is 0 Å². The zero-order valence-corrected chi connectivity index (χ0v) is 11.9. The van der Waals surface area contributed by atoms with Gasteiger partial charge in [0.1, 0.15) is 5.82 Å². The lowest BCUT2D eigenvalue weighted by molar-refractivity contribution is -0.122. The number of amides is 1. The van der Waals surface area contributed by atoms with Crippen LogP contribution in [0.25, 0.3) is 0 Å². The maximum Gasteiger partial charge on any atom is 0.227 e. The highest BCUT2D eigenvalue weighted by molar-refractivity contribution is 5.92. The van der Waals surface area contributed by atoms with Crippen molar-refractivity contribution in [1.82, 2.24) is 4.98 Å². The summed E-state index contributed by atoms with van der Waals surface area (Å²) in [5.74, 6) is 1.28. The predicted molar refractivity (Wildman–Crippen MR) is 80.7 cm³/mol. The molecule has 2 aliphatic carbocycles. The van der Waals surface area contributed by atoms with Crippen LogP contribution in [0.4, 0.5) is 11.5 Å². The Morgan fingerprint density at radius 2 is 1.85 bits per heavy atom. The lowest BCUT2D eigenvalue weighted by Gasteiger charge is -2.24. The van der Waals surface area contributed by atoms with E-state index in [1.807, 2.05) is 12.1 Å². The van der Waals surface area contributed by atoms with Crippen molar-refractivity contribution >= 4 is 17.4 Å². The summed E-state index contributed by atoms with van der Waals surface area (Å²) in [4.78, 5) is 16.2. The Bertz CT molecular complexity index is 447. The highest BCUT2D eigenvalue weighted by atomic mass is 16.1. The molecule has 1 amide bonds. The Labute approximate surface area is 120 Å². The minimum Gasteiger partial charge on any atom is -0.367 e. The van der Waals surface area contributed by atoms with Gasteiger partial charge in [-0.25, -0.2) is 4.98 Å². The molecule has 0 radical (unpaired) electrons. The minimum absolute atomic E-state index is 0.144. The average Bonchev–Trinajstić information content (AvgIpc) is 2.40. The van der Waals surface area contributed by atoms with Crippen LogP contribution in [-0.4, -0.2) is 16.9 Å². The summed E-state index contributed by atoms with van der Waals surface area (Å²) in [5, 5.41) is 6.43. The van der Waals surface area contributed by atoms with Crippen LogP contribution < -0.4 is 10.6 Å². The number of carbonyl (C=O) groups excluding carboxylic acids is 1. The van der Waals surface area contributed by atoms with E-state index in [0.717, 1.165) is 24.3 Å². The molecular formula is C16H23N3O. The van der Waals surface area contributed by atoms with Crippen LogP contribution in [0.1, 0.15) is 51.4 Å². The quantitative estimate of drug-likeness (QED) is 0.882. The lowest BCUT2D eigenvalue weighted by Crippen LogP contribution is -2.28. The van der Waals surface area contributed by atoms with Gasteiger partial charge >= 0.3 is 0 Å². The van der Waals surface area contributed by atoms with Gasteiger partial charge in [0.15, 0.2) is 0 Å². The van der Waals surface area contributed by atoms with Crippen molar-refractivity contribution in [2.75, 3.05) is 10.6 Å². The first-order chi connectivity index (χ1) is 9.81. The maximum absolute atomic E-state index is 11.8. The van der Waals surface area contributed by atoms with Crippen molar-refractivity contribution in [3.63, 3.8) is 0 Å². The van der Waals surface area contributed by atoms with E-state index in [-0.39, 0.29) is 11.8 Å². The van der Waals surface area contributed by atoms with Gasteiger partial charge in [-0.05, 0) is 37.8 Å². The Balaban J connectivity index is 1.52. The molecule has 2 aliphatic rings.